The summed E-state index contributed by atoms with van der Waals surface area (Å²) in [5, 5.41) is 11.2. The number of rotatable bonds is 7. The van der Waals surface area contributed by atoms with E-state index >= 15 is 0 Å². The Bertz CT molecular complexity index is 1180. The van der Waals surface area contributed by atoms with Crippen LogP contribution >= 0.6 is 0 Å². The Labute approximate surface area is 192 Å². The van der Waals surface area contributed by atoms with E-state index in [0.29, 0.717) is 34.9 Å². The highest BCUT2D eigenvalue weighted by Crippen LogP contribution is 2.44. The first kappa shape index (κ1) is 22.1. The second-order valence-electron chi connectivity index (χ2n) is 7.62. The first-order chi connectivity index (χ1) is 16.1. The van der Waals surface area contributed by atoms with Gasteiger partial charge in [-0.3, -0.25) is 14.5 Å². The number of ether oxygens (including phenoxy) is 2. The lowest BCUT2D eigenvalue weighted by Gasteiger charge is -2.26. The maximum absolute atomic E-state index is 13.2. The van der Waals surface area contributed by atoms with Crippen LogP contribution in [0.4, 0.5) is 5.69 Å². The molecule has 1 unspecified atom stereocenters. The molecule has 1 aliphatic rings. The van der Waals surface area contributed by atoms with Gasteiger partial charge in [-0.1, -0.05) is 43.3 Å². The van der Waals surface area contributed by atoms with Crippen molar-refractivity contribution in [1.29, 1.82) is 0 Å². The number of para-hydroxylation sites is 2. The van der Waals surface area contributed by atoms with Crippen molar-refractivity contribution in [1.82, 2.24) is 0 Å². The van der Waals surface area contributed by atoms with Gasteiger partial charge in [0.05, 0.1) is 25.3 Å². The topological polar surface area (TPSA) is 76.1 Å². The number of benzene rings is 3. The van der Waals surface area contributed by atoms with Crippen LogP contribution in [0.1, 0.15) is 30.5 Å². The average molecular weight is 443 g/mol. The van der Waals surface area contributed by atoms with Crippen LogP contribution in [-0.4, -0.2) is 30.5 Å². The molecular weight excluding hydrogens is 418 g/mol. The van der Waals surface area contributed by atoms with Gasteiger partial charge in [-0.2, -0.15) is 0 Å². The van der Waals surface area contributed by atoms with Gasteiger partial charge < -0.3 is 14.6 Å². The van der Waals surface area contributed by atoms with Crippen molar-refractivity contribution in [2.45, 2.75) is 19.4 Å². The number of anilines is 1. The molecule has 1 heterocycles. The van der Waals surface area contributed by atoms with E-state index in [1.807, 2.05) is 25.1 Å². The number of carbonyl (C=O) groups excluding carboxylic acids is 2. The molecule has 1 N–H and O–H groups in total. The molecule has 0 radical (unpaired) electrons. The van der Waals surface area contributed by atoms with E-state index in [2.05, 4.69) is 0 Å². The van der Waals surface area contributed by atoms with Gasteiger partial charge in [0.1, 0.15) is 17.3 Å². The molecule has 6 heteroatoms. The summed E-state index contributed by atoms with van der Waals surface area (Å²) >= 11 is 0. The minimum atomic E-state index is -0.848. The highest BCUT2D eigenvalue weighted by Gasteiger charge is 2.47. The molecule has 3 aromatic carbocycles. The maximum atomic E-state index is 13.2. The molecular formula is C27H25NO5. The van der Waals surface area contributed by atoms with E-state index in [-0.39, 0.29) is 11.3 Å². The van der Waals surface area contributed by atoms with Crippen LogP contribution in [0.25, 0.3) is 5.76 Å². The van der Waals surface area contributed by atoms with E-state index in [9.17, 15) is 14.7 Å². The lowest BCUT2D eigenvalue weighted by Crippen LogP contribution is -2.29. The van der Waals surface area contributed by atoms with Crippen LogP contribution in [-0.2, 0) is 9.59 Å². The lowest BCUT2D eigenvalue weighted by atomic mass is 9.94. The fraction of sp³-hybridized carbons (Fsp3) is 0.185. The minimum Gasteiger partial charge on any atom is -0.507 e. The van der Waals surface area contributed by atoms with Gasteiger partial charge >= 0.3 is 0 Å². The highest BCUT2D eigenvalue weighted by atomic mass is 16.5. The van der Waals surface area contributed by atoms with E-state index in [4.69, 9.17) is 9.47 Å². The molecule has 3 aromatic rings. The maximum Gasteiger partial charge on any atom is 0.300 e. The zero-order chi connectivity index (χ0) is 23.4. The summed E-state index contributed by atoms with van der Waals surface area (Å²) in [4.78, 5) is 27.8. The summed E-state index contributed by atoms with van der Waals surface area (Å²) in [7, 11) is 1.53. The zero-order valence-corrected chi connectivity index (χ0v) is 18.5. The predicted octanol–water partition coefficient (Wildman–Crippen LogP) is 5.11. The summed E-state index contributed by atoms with van der Waals surface area (Å²) in [6, 6.07) is 22.1. The summed E-state index contributed by atoms with van der Waals surface area (Å²) in [5.41, 5.74) is 1.59. The van der Waals surface area contributed by atoms with Gasteiger partial charge in [0.15, 0.2) is 0 Å². The Kier molecular flexibility index (Phi) is 6.45. The lowest BCUT2D eigenvalue weighted by molar-refractivity contribution is -0.132. The van der Waals surface area contributed by atoms with Crippen LogP contribution < -0.4 is 14.4 Å². The molecule has 6 nitrogen and oxygen atoms in total. The van der Waals surface area contributed by atoms with Crippen molar-refractivity contribution < 1.29 is 24.2 Å². The largest absolute Gasteiger partial charge is 0.507 e. The quantitative estimate of drug-likeness (QED) is 0.312. The van der Waals surface area contributed by atoms with Crippen LogP contribution in [0.3, 0.4) is 0 Å². The molecule has 33 heavy (non-hydrogen) atoms. The zero-order valence-electron chi connectivity index (χ0n) is 18.5. The van der Waals surface area contributed by atoms with Gasteiger partial charge in [0, 0.05) is 16.8 Å². The summed E-state index contributed by atoms with van der Waals surface area (Å²) in [6.45, 7) is 2.60. The summed E-state index contributed by atoms with van der Waals surface area (Å²) in [6.07, 6.45) is 0.879. The van der Waals surface area contributed by atoms with E-state index in [1.54, 1.807) is 60.7 Å². The Balaban J connectivity index is 1.87. The number of ketones is 1. The van der Waals surface area contributed by atoms with Crippen molar-refractivity contribution in [2.75, 3.05) is 18.6 Å². The summed E-state index contributed by atoms with van der Waals surface area (Å²) < 4.78 is 11.1. The number of Topliss-reactive ketones (excluding diaryl/α,β-unsaturated/α-hetero) is 1. The van der Waals surface area contributed by atoms with Crippen LogP contribution in [0.15, 0.2) is 84.4 Å². The molecule has 4 rings (SSSR count). The van der Waals surface area contributed by atoms with Crippen molar-refractivity contribution >= 4 is 23.1 Å². The SMILES string of the molecule is CCCOc1ccc(/C(O)=C2/C(=O)C(=O)N(c3ccccc3)C2c2ccccc2OC)cc1. The Morgan fingerprint density at radius 3 is 2.27 bits per heavy atom. The fourth-order valence-corrected chi connectivity index (χ4v) is 3.96. The van der Waals surface area contributed by atoms with Gasteiger partial charge in [0.2, 0.25) is 0 Å². The Hall–Kier alpha value is -4.06. The standard InChI is InChI=1S/C27H25NO5/c1-3-17-33-20-15-13-18(14-16-20)25(29)23-24(21-11-7-8-12-22(21)32-2)28(27(31)26(23)30)19-9-5-4-6-10-19/h4-16,24,29H,3,17H2,1-2H3/b25-23-. The van der Waals surface area contributed by atoms with Crippen LogP contribution in [0, 0.1) is 0 Å². The number of amides is 1. The fourth-order valence-electron chi connectivity index (χ4n) is 3.96. The third-order valence-corrected chi connectivity index (χ3v) is 5.51. The Morgan fingerprint density at radius 1 is 0.939 bits per heavy atom. The molecule has 0 bridgehead atoms. The molecule has 1 atom stereocenters. The number of methoxy groups -OCH3 is 1. The first-order valence-electron chi connectivity index (χ1n) is 10.8. The predicted molar refractivity (Wildman–Crippen MR) is 126 cm³/mol. The Morgan fingerprint density at radius 2 is 1.61 bits per heavy atom. The normalized spacial score (nSPS) is 17.3. The number of aliphatic hydroxyl groups is 1. The van der Waals surface area contributed by atoms with Gasteiger partial charge in [0.25, 0.3) is 11.7 Å². The van der Waals surface area contributed by atoms with E-state index in [1.165, 1.54) is 12.0 Å². The first-order valence-corrected chi connectivity index (χ1v) is 10.8. The number of hydrogen-bond donors (Lipinski definition) is 1. The third kappa shape index (κ3) is 4.20. The van der Waals surface area contributed by atoms with Crippen molar-refractivity contribution in [3.05, 3.63) is 95.6 Å². The van der Waals surface area contributed by atoms with Crippen molar-refractivity contribution in [3.63, 3.8) is 0 Å². The highest BCUT2D eigenvalue weighted by molar-refractivity contribution is 6.51. The van der Waals surface area contributed by atoms with E-state index < -0.39 is 17.7 Å². The van der Waals surface area contributed by atoms with Gasteiger partial charge in [-0.05, 0) is 48.9 Å². The molecule has 168 valence electrons. The molecule has 1 fully saturated rings. The minimum absolute atomic E-state index is 0.00980. The molecule has 1 saturated heterocycles. The van der Waals surface area contributed by atoms with Crippen LogP contribution in [0.5, 0.6) is 11.5 Å². The molecule has 1 amide bonds. The van der Waals surface area contributed by atoms with Crippen molar-refractivity contribution in [2.24, 2.45) is 0 Å². The third-order valence-electron chi connectivity index (χ3n) is 5.51. The molecule has 0 saturated carbocycles. The second-order valence-corrected chi connectivity index (χ2v) is 7.62. The number of hydrogen-bond acceptors (Lipinski definition) is 5. The molecule has 0 spiro atoms. The van der Waals surface area contributed by atoms with Crippen LogP contribution in [0.2, 0.25) is 0 Å². The average Bonchev–Trinajstić information content (AvgIpc) is 3.13. The second kappa shape index (κ2) is 9.61. The number of nitrogens with zero attached hydrogens (tertiary/aromatic N) is 1. The molecule has 1 aliphatic heterocycles. The monoisotopic (exact) mass is 443 g/mol. The van der Waals surface area contributed by atoms with E-state index in [0.717, 1.165) is 6.42 Å². The number of aliphatic hydroxyl groups excluding tert-OH is 1. The molecule has 0 aromatic heterocycles. The van der Waals surface area contributed by atoms with Gasteiger partial charge in [-0.25, -0.2) is 0 Å². The number of carbonyl (C=O) groups is 2. The molecule has 0 aliphatic carbocycles. The summed E-state index contributed by atoms with van der Waals surface area (Å²) in [5.74, 6) is -0.524. The van der Waals surface area contributed by atoms with Crippen molar-refractivity contribution in [3.8, 4) is 11.5 Å². The smallest absolute Gasteiger partial charge is 0.300 e. The van der Waals surface area contributed by atoms with Gasteiger partial charge in [-0.15, -0.1) is 0 Å².